The van der Waals surface area contributed by atoms with Crippen molar-refractivity contribution in [3.05, 3.63) is 11.6 Å². The van der Waals surface area contributed by atoms with Crippen molar-refractivity contribution in [3.8, 4) is 0 Å². The number of nitrogens with zero attached hydrogens (tertiary/aromatic N) is 2. The topological polar surface area (TPSA) is 65.6 Å². The molecule has 100 valence electrons. The molecule has 0 aromatic carbocycles. The van der Waals surface area contributed by atoms with Crippen molar-refractivity contribution in [2.24, 2.45) is 5.92 Å². The van der Waals surface area contributed by atoms with Gasteiger partial charge in [0.2, 0.25) is 0 Å². The number of H-pyrrole nitrogens is 1. The van der Waals surface area contributed by atoms with E-state index in [-0.39, 0.29) is 0 Å². The van der Waals surface area contributed by atoms with E-state index in [0.717, 1.165) is 36.0 Å². The predicted octanol–water partition coefficient (Wildman–Crippen LogP) is 1.17. The SMILES string of the molecule is CC(C)Cc1nc(C[C@@H]2C[C@@H](C)NC(=S)N2)n[nH]1. The standard InChI is InChI=1S/C12H21N5S/c1-7(2)4-10-15-11(17-16-10)6-9-5-8(3)13-12(18)14-9/h7-9H,4-6H2,1-3H3,(H2,13,14,18)(H,15,16,17)/t8-,9+/m1/s1. The molecular weight excluding hydrogens is 246 g/mol. The summed E-state index contributed by atoms with van der Waals surface area (Å²) < 4.78 is 0. The van der Waals surface area contributed by atoms with E-state index < -0.39 is 0 Å². The maximum Gasteiger partial charge on any atom is 0.166 e. The van der Waals surface area contributed by atoms with Crippen molar-refractivity contribution in [3.63, 3.8) is 0 Å². The molecule has 3 N–H and O–H groups in total. The van der Waals surface area contributed by atoms with Crippen molar-refractivity contribution in [1.29, 1.82) is 0 Å². The molecule has 2 rings (SSSR count). The summed E-state index contributed by atoms with van der Waals surface area (Å²) in [6.07, 6.45) is 2.80. The fourth-order valence-corrected chi connectivity index (χ4v) is 2.62. The molecule has 18 heavy (non-hydrogen) atoms. The normalized spacial score (nSPS) is 23.9. The lowest BCUT2D eigenvalue weighted by Gasteiger charge is -2.30. The number of hydrogen-bond donors (Lipinski definition) is 3. The number of rotatable bonds is 4. The van der Waals surface area contributed by atoms with Crippen molar-refractivity contribution in [1.82, 2.24) is 25.8 Å². The zero-order chi connectivity index (χ0) is 13.1. The largest absolute Gasteiger partial charge is 0.360 e. The Balaban J connectivity index is 1.92. The van der Waals surface area contributed by atoms with Crippen LogP contribution in [0.1, 0.15) is 38.8 Å². The van der Waals surface area contributed by atoms with Gasteiger partial charge < -0.3 is 10.6 Å². The molecule has 0 bridgehead atoms. The zero-order valence-electron chi connectivity index (χ0n) is 11.2. The fraction of sp³-hybridized carbons (Fsp3) is 0.750. The van der Waals surface area contributed by atoms with E-state index in [1.54, 1.807) is 0 Å². The van der Waals surface area contributed by atoms with Gasteiger partial charge in [0, 0.05) is 24.9 Å². The summed E-state index contributed by atoms with van der Waals surface area (Å²) in [5.74, 6) is 2.44. The molecule has 1 aliphatic heterocycles. The molecule has 1 saturated heterocycles. The summed E-state index contributed by atoms with van der Waals surface area (Å²) in [6.45, 7) is 6.50. The van der Waals surface area contributed by atoms with Gasteiger partial charge in [-0.1, -0.05) is 13.8 Å². The van der Waals surface area contributed by atoms with E-state index in [1.807, 2.05) is 0 Å². The van der Waals surface area contributed by atoms with Crippen molar-refractivity contribution >= 4 is 17.3 Å². The highest BCUT2D eigenvalue weighted by molar-refractivity contribution is 7.80. The van der Waals surface area contributed by atoms with Gasteiger partial charge in [-0.25, -0.2) is 4.98 Å². The van der Waals surface area contributed by atoms with Gasteiger partial charge in [0.25, 0.3) is 0 Å². The van der Waals surface area contributed by atoms with E-state index in [9.17, 15) is 0 Å². The number of aromatic nitrogens is 3. The zero-order valence-corrected chi connectivity index (χ0v) is 12.0. The summed E-state index contributed by atoms with van der Waals surface area (Å²) in [7, 11) is 0. The number of nitrogens with one attached hydrogen (secondary N) is 3. The molecule has 1 aromatic heterocycles. The third-order valence-corrected chi connectivity index (χ3v) is 3.20. The highest BCUT2D eigenvalue weighted by atomic mass is 32.1. The van der Waals surface area contributed by atoms with Crippen molar-refractivity contribution in [2.75, 3.05) is 0 Å². The van der Waals surface area contributed by atoms with Gasteiger partial charge in [0.05, 0.1) is 0 Å². The van der Waals surface area contributed by atoms with Crippen LogP contribution < -0.4 is 10.6 Å². The minimum atomic E-state index is 0.330. The molecule has 0 radical (unpaired) electrons. The molecule has 5 nitrogen and oxygen atoms in total. The summed E-state index contributed by atoms with van der Waals surface area (Å²) in [5.41, 5.74) is 0. The van der Waals surface area contributed by atoms with Gasteiger partial charge in [-0.3, -0.25) is 5.10 Å². The van der Waals surface area contributed by atoms with Crippen LogP contribution in [0.3, 0.4) is 0 Å². The lowest BCUT2D eigenvalue weighted by Crippen LogP contribution is -2.53. The minimum absolute atomic E-state index is 0.330. The van der Waals surface area contributed by atoms with Crippen LogP contribution >= 0.6 is 12.2 Å². The van der Waals surface area contributed by atoms with Gasteiger partial charge in [-0.2, -0.15) is 5.10 Å². The average molecular weight is 267 g/mol. The second-order valence-electron chi connectivity index (χ2n) is 5.45. The van der Waals surface area contributed by atoms with Crippen LogP contribution in [0.4, 0.5) is 0 Å². The van der Waals surface area contributed by atoms with Crippen LogP contribution in [0.2, 0.25) is 0 Å². The van der Waals surface area contributed by atoms with Gasteiger partial charge >= 0.3 is 0 Å². The maximum absolute atomic E-state index is 5.17. The van der Waals surface area contributed by atoms with Crippen molar-refractivity contribution in [2.45, 2.75) is 52.1 Å². The van der Waals surface area contributed by atoms with Gasteiger partial charge in [0.1, 0.15) is 5.82 Å². The Morgan fingerprint density at radius 3 is 2.83 bits per heavy atom. The molecule has 1 aliphatic rings. The molecule has 0 spiro atoms. The van der Waals surface area contributed by atoms with Gasteiger partial charge in [0.15, 0.2) is 10.9 Å². The molecule has 6 heteroatoms. The highest BCUT2D eigenvalue weighted by Crippen LogP contribution is 2.09. The van der Waals surface area contributed by atoms with E-state index >= 15 is 0 Å². The van der Waals surface area contributed by atoms with Crippen LogP contribution in [0.15, 0.2) is 0 Å². The second-order valence-corrected chi connectivity index (χ2v) is 5.86. The molecule has 0 aliphatic carbocycles. The van der Waals surface area contributed by atoms with Gasteiger partial charge in [-0.15, -0.1) is 0 Å². The molecule has 0 saturated carbocycles. The Labute approximate surface area is 113 Å². The Bertz CT molecular complexity index is 414. The van der Waals surface area contributed by atoms with Crippen LogP contribution in [-0.4, -0.2) is 32.4 Å². The van der Waals surface area contributed by atoms with Crippen LogP contribution in [0.25, 0.3) is 0 Å². The Morgan fingerprint density at radius 2 is 2.17 bits per heavy atom. The summed E-state index contributed by atoms with van der Waals surface area (Å²) in [6, 6.07) is 0.745. The average Bonchev–Trinajstić information content (AvgIpc) is 2.62. The van der Waals surface area contributed by atoms with E-state index in [4.69, 9.17) is 12.2 Å². The third-order valence-electron chi connectivity index (χ3n) is 2.96. The number of hydrogen-bond acceptors (Lipinski definition) is 3. The van der Waals surface area contributed by atoms with Crippen LogP contribution in [0, 0.1) is 5.92 Å². The van der Waals surface area contributed by atoms with Crippen LogP contribution in [-0.2, 0) is 12.8 Å². The first kappa shape index (κ1) is 13.3. The smallest absolute Gasteiger partial charge is 0.166 e. The predicted molar refractivity (Wildman–Crippen MR) is 75.4 cm³/mol. The summed E-state index contributed by atoms with van der Waals surface area (Å²) >= 11 is 5.17. The first-order valence-corrected chi connectivity index (χ1v) is 6.91. The fourth-order valence-electron chi connectivity index (χ4n) is 2.25. The van der Waals surface area contributed by atoms with Crippen molar-refractivity contribution < 1.29 is 0 Å². The Kier molecular flexibility index (Phi) is 4.16. The Hall–Kier alpha value is -1.17. The minimum Gasteiger partial charge on any atom is -0.360 e. The molecule has 2 heterocycles. The summed E-state index contributed by atoms with van der Waals surface area (Å²) in [4.78, 5) is 4.52. The third kappa shape index (κ3) is 3.66. The quantitative estimate of drug-likeness (QED) is 0.715. The van der Waals surface area contributed by atoms with E-state index in [1.165, 1.54) is 0 Å². The van der Waals surface area contributed by atoms with E-state index in [2.05, 4.69) is 46.6 Å². The lowest BCUT2D eigenvalue weighted by molar-refractivity contribution is 0.435. The maximum atomic E-state index is 5.17. The Morgan fingerprint density at radius 1 is 1.39 bits per heavy atom. The molecular formula is C12H21N5S. The monoisotopic (exact) mass is 267 g/mol. The highest BCUT2D eigenvalue weighted by Gasteiger charge is 2.22. The first-order valence-electron chi connectivity index (χ1n) is 6.50. The lowest BCUT2D eigenvalue weighted by atomic mass is 10.0. The van der Waals surface area contributed by atoms with E-state index in [0.29, 0.717) is 18.0 Å². The summed E-state index contributed by atoms with van der Waals surface area (Å²) in [5, 5.41) is 14.5. The first-order chi connectivity index (χ1) is 8.52. The molecule has 0 amide bonds. The number of thiocarbonyl (C=S) groups is 1. The molecule has 1 aromatic rings. The molecule has 2 atom stereocenters. The molecule has 0 unspecified atom stereocenters. The second kappa shape index (κ2) is 5.65. The van der Waals surface area contributed by atoms with Crippen LogP contribution in [0.5, 0.6) is 0 Å². The molecule has 1 fully saturated rings. The van der Waals surface area contributed by atoms with Gasteiger partial charge in [-0.05, 0) is 31.5 Å². The number of aromatic amines is 1.